The molecule has 2 aromatic rings. The van der Waals surface area contributed by atoms with Crippen LogP contribution in [0.2, 0.25) is 0 Å². The summed E-state index contributed by atoms with van der Waals surface area (Å²) in [5.74, 6) is 0.692. The summed E-state index contributed by atoms with van der Waals surface area (Å²) in [4.78, 5) is 29.1. The first kappa shape index (κ1) is 20.5. The van der Waals surface area contributed by atoms with Gasteiger partial charge in [0.25, 0.3) is 0 Å². The van der Waals surface area contributed by atoms with Crippen molar-refractivity contribution in [1.82, 2.24) is 9.55 Å². The Balaban J connectivity index is 0.00000225. The number of ether oxygens (including phenoxy) is 1. The van der Waals surface area contributed by atoms with Gasteiger partial charge in [0.15, 0.2) is 5.82 Å². The van der Waals surface area contributed by atoms with Crippen molar-refractivity contribution in [2.75, 3.05) is 11.9 Å². The normalized spacial score (nSPS) is 17.2. The molecule has 0 spiro atoms. The van der Waals surface area contributed by atoms with Crippen LogP contribution in [0.4, 0.5) is 10.6 Å². The fourth-order valence-corrected chi connectivity index (χ4v) is 3.89. The van der Waals surface area contributed by atoms with Crippen molar-refractivity contribution >= 4 is 41.1 Å². The van der Waals surface area contributed by atoms with Gasteiger partial charge in [-0.1, -0.05) is 19.3 Å². The summed E-state index contributed by atoms with van der Waals surface area (Å²) in [6, 6.07) is -0.274. The molecular formula is C20H27ClN4O3. The molecule has 2 aliphatic carbocycles. The molecule has 0 atom stereocenters. The summed E-state index contributed by atoms with van der Waals surface area (Å²) >= 11 is 0. The second-order valence-electron chi connectivity index (χ2n) is 7.79. The van der Waals surface area contributed by atoms with Crippen molar-refractivity contribution in [2.24, 2.45) is 11.7 Å². The van der Waals surface area contributed by atoms with E-state index in [4.69, 9.17) is 10.5 Å². The fourth-order valence-electron chi connectivity index (χ4n) is 3.89. The molecule has 0 aromatic carbocycles. The predicted molar refractivity (Wildman–Crippen MR) is 110 cm³/mol. The molecule has 0 bridgehead atoms. The molecular weight excluding hydrogens is 380 g/mol. The molecule has 2 aromatic heterocycles. The van der Waals surface area contributed by atoms with Crippen LogP contribution in [0.15, 0.2) is 12.4 Å². The van der Waals surface area contributed by atoms with E-state index in [1.165, 1.54) is 23.8 Å². The molecule has 1 amide bonds. The molecule has 4 rings (SSSR count). The van der Waals surface area contributed by atoms with E-state index in [9.17, 15) is 9.59 Å². The Hall–Kier alpha value is -2.28. The van der Waals surface area contributed by atoms with Crippen LogP contribution < -0.4 is 11.1 Å². The van der Waals surface area contributed by atoms with Crippen LogP contribution >= 0.6 is 12.4 Å². The SMILES string of the molecule is Cc1cn(C(N)=O)c2c(NC3CCCCC3)ncc(C(=O)OCC3CC3)c12.Cl. The van der Waals surface area contributed by atoms with Crippen molar-refractivity contribution in [2.45, 2.75) is 57.9 Å². The monoisotopic (exact) mass is 406 g/mol. The van der Waals surface area contributed by atoms with Crippen molar-refractivity contribution in [3.05, 3.63) is 23.5 Å². The lowest BCUT2D eigenvalue weighted by molar-refractivity contribution is 0.0488. The zero-order valence-corrected chi connectivity index (χ0v) is 16.9. The van der Waals surface area contributed by atoms with Gasteiger partial charge in [0.1, 0.15) is 5.52 Å². The maximum absolute atomic E-state index is 12.6. The Bertz CT molecular complexity index is 885. The fraction of sp³-hybridized carbons (Fsp3) is 0.550. The maximum Gasteiger partial charge on any atom is 0.340 e. The number of hydrogen-bond acceptors (Lipinski definition) is 5. The van der Waals surface area contributed by atoms with Gasteiger partial charge in [-0.2, -0.15) is 0 Å². The van der Waals surface area contributed by atoms with E-state index in [2.05, 4.69) is 10.3 Å². The molecule has 0 aliphatic heterocycles. The van der Waals surface area contributed by atoms with Crippen LogP contribution in [0.25, 0.3) is 10.9 Å². The number of pyridine rings is 1. The molecule has 0 saturated heterocycles. The smallest absolute Gasteiger partial charge is 0.340 e. The summed E-state index contributed by atoms with van der Waals surface area (Å²) in [7, 11) is 0. The van der Waals surface area contributed by atoms with Crippen LogP contribution in [0.5, 0.6) is 0 Å². The number of nitrogens with two attached hydrogens (primary N) is 1. The second kappa shape index (κ2) is 8.39. The van der Waals surface area contributed by atoms with E-state index < -0.39 is 12.0 Å². The van der Waals surface area contributed by atoms with Gasteiger partial charge in [-0.15, -0.1) is 12.4 Å². The van der Waals surface area contributed by atoms with Crippen molar-refractivity contribution in [1.29, 1.82) is 0 Å². The van der Waals surface area contributed by atoms with Crippen LogP contribution in [-0.4, -0.2) is 34.2 Å². The number of esters is 1. The molecule has 7 nitrogen and oxygen atoms in total. The molecule has 0 unspecified atom stereocenters. The Kier molecular flexibility index (Phi) is 6.13. The molecule has 8 heteroatoms. The number of aryl methyl sites for hydroxylation is 1. The minimum Gasteiger partial charge on any atom is -0.462 e. The average molecular weight is 407 g/mol. The van der Waals surface area contributed by atoms with Crippen LogP contribution in [-0.2, 0) is 4.74 Å². The Morgan fingerprint density at radius 1 is 1.25 bits per heavy atom. The van der Waals surface area contributed by atoms with Crippen molar-refractivity contribution in [3.63, 3.8) is 0 Å². The number of nitrogens with zero attached hydrogens (tertiary/aromatic N) is 2. The molecule has 2 heterocycles. The highest BCUT2D eigenvalue weighted by Crippen LogP contribution is 2.33. The molecule has 2 fully saturated rings. The van der Waals surface area contributed by atoms with Gasteiger partial charge in [-0.05, 0) is 44.1 Å². The van der Waals surface area contributed by atoms with Gasteiger partial charge >= 0.3 is 12.0 Å². The van der Waals surface area contributed by atoms with Crippen LogP contribution in [0.3, 0.4) is 0 Å². The quantitative estimate of drug-likeness (QED) is 0.731. The van der Waals surface area contributed by atoms with Gasteiger partial charge in [0, 0.05) is 23.8 Å². The Labute approximate surface area is 170 Å². The number of carbonyl (C=O) groups excluding carboxylic acids is 2. The van der Waals surface area contributed by atoms with E-state index in [0.29, 0.717) is 40.9 Å². The third-order valence-corrected chi connectivity index (χ3v) is 5.56. The third kappa shape index (κ3) is 4.09. The Morgan fingerprint density at radius 2 is 1.96 bits per heavy atom. The molecule has 0 radical (unpaired) electrons. The number of hydrogen-bond donors (Lipinski definition) is 2. The highest BCUT2D eigenvalue weighted by molar-refractivity contribution is 6.10. The number of carbonyl (C=O) groups is 2. The van der Waals surface area contributed by atoms with Gasteiger partial charge < -0.3 is 15.8 Å². The van der Waals surface area contributed by atoms with Gasteiger partial charge in [0.05, 0.1) is 12.2 Å². The minimum atomic E-state index is -0.593. The summed E-state index contributed by atoms with van der Waals surface area (Å²) in [5, 5.41) is 4.15. The number of nitrogens with one attached hydrogen (secondary N) is 1. The largest absolute Gasteiger partial charge is 0.462 e. The summed E-state index contributed by atoms with van der Waals surface area (Å²) < 4.78 is 6.83. The highest BCUT2D eigenvalue weighted by Gasteiger charge is 2.26. The first-order valence-electron chi connectivity index (χ1n) is 9.78. The lowest BCUT2D eigenvalue weighted by atomic mass is 9.95. The molecule has 152 valence electrons. The van der Waals surface area contributed by atoms with Crippen molar-refractivity contribution < 1.29 is 14.3 Å². The van der Waals surface area contributed by atoms with E-state index in [1.54, 1.807) is 12.4 Å². The average Bonchev–Trinajstić information content (AvgIpc) is 3.43. The van der Waals surface area contributed by atoms with Gasteiger partial charge in [0.2, 0.25) is 0 Å². The zero-order chi connectivity index (χ0) is 19.0. The standard InChI is InChI=1S/C20H26N4O3.ClH/c1-12-10-24(20(21)26)17-16(12)15(19(25)27-11-13-7-8-13)9-22-18(17)23-14-5-3-2-4-6-14;/h9-10,13-14H,2-8,11H2,1H3,(H2,21,26)(H,22,23);1H. The number of amides is 1. The van der Waals surface area contributed by atoms with Crippen LogP contribution in [0.1, 0.15) is 60.9 Å². The maximum atomic E-state index is 12.6. The lowest BCUT2D eigenvalue weighted by Gasteiger charge is -2.24. The summed E-state index contributed by atoms with van der Waals surface area (Å²) in [6.45, 7) is 2.31. The van der Waals surface area contributed by atoms with Gasteiger partial charge in [-0.25, -0.2) is 14.6 Å². The van der Waals surface area contributed by atoms with E-state index in [-0.39, 0.29) is 12.4 Å². The number of halogens is 1. The first-order valence-corrected chi connectivity index (χ1v) is 9.78. The number of fused-ring (bicyclic) bond motifs is 1. The number of anilines is 1. The lowest BCUT2D eigenvalue weighted by Crippen LogP contribution is -2.25. The molecule has 2 saturated carbocycles. The summed E-state index contributed by atoms with van der Waals surface area (Å²) in [5.41, 5.74) is 7.33. The third-order valence-electron chi connectivity index (χ3n) is 5.56. The topological polar surface area (TPSA) is 99.2 Å². The van der Waals surface area contributed by atoms with E-state index in [1.807, 2.05) is 6.92 Å². The number of primary amides is 1. The van der Waals surface area contributed by atoms with Gasteiger partial charge in [-0.3, -0.25) is 4.57 Å². The molecule has 2 aliphatic rings. The van der Waals surface area contributed by atoms with E-state index >= 15 is 0 Å². The number of rotatable bonds is 5. The van der Waals surface area contributed by atoms with Crippen molar-refractivity contribution in [3.8, 4) is 0 Å². The first-order chi connectivity index (χ1) is 13.0. The van der Waals surface area contributed by atoms with Crippen LogP contribution in [0, 0.1) is 12.8 Å². The predicted octanol–water partition coefficient (Wildman–Crippen LogP) is 4.00. The summed E-state index contributed by atoms with van der Waals surface area (Å²) in [6.07, 6.45) is 11.2. The minimum absolute atomic E-state index is 0. The molecule has 3 N–H and O–H groups in total. The molecule has 28 heavy (non-hydrogen) atoms. The second-order valence-corrected chi connectivity index (χ2v) is 7.79. The van der Waals surface area contributed by atoms with E-state index in [0.717, 1.165) is 31.2 Å². The highest BCUT2D eigenvalue weighted by atomic mass is 35.5. The number of aromatic nitrogens is 2. The Morgan fingerprint density at radius 3 is 2.61 bits per heavy atom. The zero-order valence-electron chi connectivity index (χ0n) is 16.1.